The summed E-state index contributed by atoms with van der Waals surface area (Å²) in [6.07, 6.45) is 3.63. The molecule has 3 rings (SSSR count). The SMILES string of the molecule is O=C(NCCc1ccccc1)c1cnc(Nc2cccc(F)c2)nc1. The minimum atomic E-state index is -0.348. The van der Waals surface area contributed by atoms with Gasteiger partial charge in [0.15, 0.2) is 0 Å². The van der Waals surface area contributed by atoms with Crippen molar-refractivity contribution in [3.8, 4) is 0 Å². The lowest BCUT2D eigenvalue weighted by Crippen LogP contribution is -2.26. The van der Waals surface area contributed by atoms with E-state index in [1.165, 1.54) is 24.5 Å². The zero-order chi connectivity index (χ0) is 17.5. The zero-order valence-electron chi connectivity index (χ0n) is 13.4. The van der Waals surface area contributed by atoms with E-state index in [9.17, 15) is 9.18 Å². The summed E-state index contributed by atoms with van der Waals surface area (Å²) in [7, 11) is 0. The van der Waals surface area contributed by atoms with Crippen molar-refractivity contribution in [2.24, 2.45) is 0 Å². The van der Waals surface area contributed by atoms with Crippen molar-refractivity contribution in [3.63, 3.8) is 0 Å². The maximum atomic E-state index is 13.1. The van der Waals surface area contributed by atoms with Crippen molar-refractivity contribution in [1.29, 1.82) is 0 Å². The fourth-order valence-corrected chi connectivity index (χ4v) is 2.27. The van der Waals surface area contributed by atoms with Crippen LogP contribution in [0, 0.1) is 5.82 Å². The fourth-order valence-electron chi connectivity index (χ4n) is 2.27. The van der Waals surface area contributed by atoms with E-state index in [2.05, 4.69) is 20.6 Å². The molecule has 1 aromatic heterocycles. The minimum absolute atomic E-state index is 0.228. The van der Waals surface area contributed by atoms with Gasteiger partial charge in [0.1, 0.15) is 5.82 Å². The first kappa shape index (κ1) is 16.6. The molecule has 2 aromatic carbocycles. The molecule has 0 fully saturated rings. The largest absolute Gasteiger partial charge is 0.352 e. The second kappa shape index (κ2) is 8.01. The first-order valence-corrected chi connectivity index (χ1v) is 7.87. The fraction of sp³-hybridized carbons (Fsp3) is 0.105. The maximum absolute atomic E-state index is 13.1. The molecule has 0 bridgehead atoms. The summed E-state index contributed by atoms with van der Waals surface area (Å²) >= 11 is 0. The van der Waals surface area contributed by atoms with Crippen LogP contribution in [-0.2, 0) is 6.42 Å². The Balaban J connectivity index is 1.53. The third-order valence-electron chi connectivity index (χ3n) is 3.54. The van der Waals surface area contributed by atoms with Crippen LogP contribution in [0.25, 0.3) is 0 Å². The van der Waals surface area contributed by atoms with E-state index < -0.39 is 0 Å². The van der Waals surface area contributed by atoms with Gasteiger partial charge in [-0.25, -0.2) is 14.4 Å². The lowest BCUT2D eigenvalue weighted by molar-refractivity contribution is 0.0953. The Kier molecular flexibility index (Phi) is 5.31. The number of aromatic nitrogens is 2. The van der Waals surface area contributed by atoms with Gasteiger partial charge in [0.05, 0.1) is 5.56 Å². The molecule has 1 heterocycles. The third kappa shape index (κ3) is 4.84. The van der Waals surface area contributed by atoms with E-state index in [4.69, 9.17) is 0 Å². The van der Waals surface area contributed by atoms with Gasteiger partial charge in [-0.15, -0.1) is 0 Å². The van der Waals surface area contributed by atoms with Crippen LogP contribution in [0.4, 0.5) is 16.0 Å². The van der Waals surface area contributed by atoms with Gasteiger partial charge >= 0.3 is 0 Å². The molecule has 0 aliphatic carbocycles. The maximum Gasteiger partial charge on any atom is 0.254 e. The Labute approximate surface area is 145 Å². The number of rotatable bonds is 6. The van der Waals surface area contributed by atoms with Crippen LogP contribution in [0.3, 0.4) is 0 Å². The van der Waals surface area contributed by atoms with Gasteiger partial charge in [0.2, 0.25) is 5.95 Å². The normalized spacial score (nSPS) is 10.3. The summed E-state index contributed by atoms with van der Waals surface area (Å²) in [4.78, 5) is 20.3. The van der Waals surface area contributed by atoms with E-state index in [1.807, 2.05) is 30.3 Å². The summed E-state index contributed by atoms with van der Waals surface area (Å²) < 4.78 is 13.1. The smallest absolute Gasteiger partial charge is 0.254 e. The van der Waals surface area contributed by atoms with Crippen LogP contribution in [0.1, 0.15) is 15.9 Å². The highest BCUT2D eigenvalue weighted by molar-refractivity contribution is 5.93. The Morgan fingerprint density at radius 1 is 1.00 bits per heavy atom. The van der Waals surface area contributed by atoms with E-state index in [1.54, 1.807) is 12.1 Å². The molecule has 25 heavy (non-hydrogen) atoms. The second-order valence-electron chi connectivity index (χ2n) is 5.42. The van der Waals surface area contributed by atoms with Gasteiger partial charge in [0, 0.05) is 24.6 Å². The molecule has 1 amide bonds. The van der Waals surface area contributed by atoms with Crippen LogP contribution in [0.5, 0.6) is 0 Å². The van der Waals surface area contributed by atoms with Crippen LogP contribution in [0.2, 0.25) is 0 Å². The summed E-state index contributed by atoms with van der Waals surface area (Å²) in [6.45, 7) is 0.534. The van der Waals surface area contributed by atoms with Gasteiger partial charge in [-0.2, -0.15) is 0 Å². The molecule has 6 heteroatoms. The first-order chi connectivity index (χ1) is 12.2. The Morgan fingerprint density at radius 2 is 1.76 bits per heavy atom. The van der Waals surface area contributed by atoms with E-state index in [0.29, 0.717) is 23.7 Å². The lowest BCUT2D eigenvalue weighted by Gasteiger charge is -2.07. The number of hydrogen-bond donors (Lipinski definition) is 2. The highest BCUT2D eigenvalue weighted by atomic mass is 19.1. The molecule has 0 spiro atoms. The number of anilines is 2. The van der Waals surface area contributed by atoms with Crippen LogP contribution >= 0.6 is 0 Å². The van der Waals surface area contributed by atoms with Gasteiger partial charge in [-0.3, -0.25) is 4.79 Å². The molecule has 0 aliphatic rings. The summed E-state index contributed by atoms with van der Waals surface area (Å²) in [6, 6.07) is 15.9. The van der Waals surface area contributed by atoms with Crippen molar-refractivity contribution in [2.75, 3.05) is 11.9 Å². The molecule has 0 radical (unpaired) electrons. The van der Waals surface area contributed by atoms with Crippen molar-refractivity contribution in [2.45, 2.75) is 6.42 Å². The molecule has 0 unspecified atom stereocenters. The van der Waals surface area contributed by atoms with Gasteiger partial charge in [-0.05, 0) is 30.2 Å². The molecule has 0 atom stereocenters. The van der Waals surface area contributed by atoms with Crippen molar-refractivity contribution in [3.05, 3.63) is 83.9 Å². The van der Waals surface area contributed by atoms with Crippen LogP contribution in [0.15, 0.2) is 67.0 Å². The van der Waals surface area contributed by atoms with E-state index in [0.717, 1.165) is 12.0 Å². The van der Waals surface area contributed by atoms with Crippen molar-refractivity contribution in [1.82, 2.24) is 15.3 Å². The highest BCUT2D eigenvalue weighted by Gasteiger charge is 2.07. The average Bonchev–Trinajstić information content (AvgIpc) is 2.63. The minimum Gasteiger partial charge on any atom is -0.352 e. The number of nitrogens with one attached hydrogen (secondary N) is 2. The number of amides is 1. The molecule has 2 N–H and O–H groups in total. The molecule has 5 nitrogen and oxygen atoms in total. The number of hydrogen-bond acceptors (Lipinski definition) is 4. The topological polar surface area (TPSA) is 66.9 Å². The lowest BCUT2D eigenvalue weighted by atomic mass is 10.1. The summed E-state index contributed by atoms with van der Waals surface area (Å²) in [5.41, 5.74) is 2.08. The van der Waals surface area contributed by atoms with E-state index in [-0.39, 0.29) is 11.7 Å². The molecule has 3 aromatic rings. The number of carbonyl (C=O) groups excluding carboxylic acids is 1. The summed E-state index contributed by atoms with van der Waals surface area (Å²) in [5, 5.41) is 5.72. The average molecular weight is 336 g/mol. The molecule has 0 aliphatic heterocycles. The predicted octanol–water partition coefficient (Wildman–Crippen LogP) is 3.33. The van der Waals surface area contributed by atoms with Gasteiger partial charge in [0.25, 0.3) is 5.91 Å². The Morgan fingerprint density at radius 3 is 2.48 bits per heavy atom. The Hall–Kier alpha value is -3.28. The van der Waals surface area contributed by atoms with Crippen molar-refractivity contribution < 1.29 is 9.18 Å². The first-order valence-electron chi connectivity index (χ1n) is 7.87. The van der Waals surface area contributed by atoms with E-state index >= 15 is 0 Å². The third-order valence-corrected chi connectivity index (χ3v) is 3.54. The number of benzene rings is 2. The zero-order valence-corrected chi connectivity index (χ0v) is 13.4. The quantitative estimate of drug-likeness (QED) is 0.724. The number of nitrogens with zero attached hydrogens (tertiary/aromatic N) is 2. The van der Waals surface area contributed by atoms with Crippen LogP contribution in [-0.4, -0.2) is 22.4 Å². The van der Waals surface area contributed by atoms with Gasteiger partial charge < -0.3 is 10.6 Å². The van der Waals surface area contributed by atoms with Crippen LogP contribution < -0.4 is 10.6 Å². The molecular weight excluding hydrogens is 319 g/mol. The second-order valence-corrected chi connectivity index (χ2v) is 5.42. The monoisotopic (exact) mass is 336 g/mol. The van der Waals surface area contributed by atoms with Gasteiger partial charge in [-0.1, -0.05) is 36.4 Å². The molecule has 0 saturated heterocycles. The molecular formula is C19H17FN4O. The number of carbonyl (C=O) groups is 1. The highest BCUT2D eigenvalue weighted by Crippen LogP contribution is 2.13. The molecule has 126 valence electrons. The number of halogens is 1. The predicted molar refractivity (Wildman–Crippen MR) is 94.2 cm³/mol. The Bertz CT molecular complexity index is 838. The summed E-state index contributed by atoms with van der Waals surface area (Å²) in [5.74, 6) is -0.279. The van der Waals surface area contributed by atoms with Crippen molar-refractivity contribution >= 4 is 17.5 Å². The standard InChI is InChI=1S/C19H17FN4O/c20-16-7-4-8-17(11-16)24-19-22-12-15(13-23-19)18(25)21-10-9-14-5-2-1-3-6-14/h1-8,11-13H,9-10H2,(H,21,25)(H,22,23,24). The molecule has 0 saturated carbocycles.